The fraction of sp³-hybridized carbons (Fsp3) is 0.0233. The highest BCUT2D eigenvalue weighted by Crippen LogP contribution is 2.42. The summed E-state index contributed by atoms with van der Waals surface area (Å²) in [5.41, 5.74) is 10.3. The van der Waals surface area contributed by atoms with Crippen molar-refractivity contribution in [1.29, 1.82) is 0 Å². The molecule has 0 N–H and O–H groups in total. The van der Waals surface area contributed by atoms with E-state index in [0.29, 0.717) is 0 Å². The Morgan fingerprint density at radius 1 is 0.326 bits per heavy atom. The van der Waals surface area contributed by atoms with Gasteiger partial charge in [0.05, 0.1) is 0 Å². The molecule has 0 heterocycles. The van der Waals surface area contributed by atoms with Crippen molar-refractivity contribution in [1.82, 2.24) is 0 Å². The highest BCUT2D eigenvalue weighted by molar-refractivity contribution is 6.16. The third-order valence-corrected chi connectivity index (χ3v) is 8.75. The van der Waals surface area contributed by atoms with Gasteiger partial charge in [0.2, 0.25) is 0 Å². The first-order chi connectivity index (χ1) is 21.3. The highest BCUT2D eigenvalue weighted by atomic mass is 14.2. The van der Waals surface area contributed by atoms with Gasteiger partial charge in [-0.2, -0.15) is 0 Å². The van der Waals surface area contributed by atoms with Crippen LogP contribution in [0, 0.1) is 0 Å². The molecule has 0 nitrogen and oxygen atoms in total. The van der Waals surface area contributed by atoms with Crippen molar-refractivity contribution in [3.63, 3.8) is 0 Å². The van der Waals surface area contributed by atoms with Gasteiger partial charge >= 0.3 is 0 Å². The van der Waals surface area contributed by atoms with Crippen LogP contribution in [0.4, 0.5) is 0 Å². The minimum Gasteiger partial charge on any atom is -0.0622 e. The van der Waals surface area contributed by atoms with Gasteiger partial charge in [-0.05, 0) is 95.4 Å². The summed E-state index contributed by atoms with van der Waals surface area (Å²) >= 11 is 0. The Hall–Kier alpha value is -5.46. The van der Waals surface area contributed by atoms with Crippen LogP contribution in [0.25, 0.3) is 65.7 Å². The van der Waals surface area contributed by atoms with Gasteiger partial charge in [0.1, 0.15) is 0 Å². The first-order valence-electron chi connectivity index (χ1n) is 15.0. The molecule has 0 atom stereocenters. The molecule has 0 aliphatic heterocycles. The van der Waals surface area contributed by atoms with Crippen LogP contribution in [0.2, 0.25) is 0 Å². The van der Waals surface area contributed by atoms with E-state index < -0.39 is 0 Å². The maximum atomic E-state index is 2.38. The van der Waals surface area contributed by atoms with Crippen LogP contribution in [0.5, 0.6) is 0 Å². The normalized spacial score (nSPS) is 11.3. The van der Waals surface area contributed by atoms with E-state index >= 15 is 0 Å². The van der Waals surface area contributed by atoms with Crippen molar-refractivity contribution >= 4 is 32.3 Å². The lowest BCUT2D eigenvalue weighted by molar-refractivity contribution is 1.23. The third-order valence-electron chi connectivity index (χ3n) is 8.75. The van der Waals surface area contributed by atoms with Crippen LogP contribution in [0.3, 0.4) is 0 Å². The monoisotopic (exact) mass is 546 g/mol. The summed E-state index contributed by atoms with van der Waals surface area (Å²) in [5, 5.41) is 7.74. The van der Waals surface area contributed by atoms with Gasteiger partial charge in [0.25, 0.3) is 0 Å². The van der Waals surface area contributed by atoms with Gasteiger partial charge < -0.3 is 0 Å². The molecule has 0 unspecified atom stereocenters. The number of rotatable bonds is 5. The maximum Gasteiger partial charge on any atom is -0.000728 e. The van der Waals surface area contributed by atoms with E-state index in [-0.39, 0.29) is 0 Å². The lowest BCUT2D eigenvalue weighted by Gasteiger charge is -2.19. The largest absolute Gasteiger partial charge is 0.0622 e. The van der Waals surface area contributed by atoms with Gasteiger partial charge in [-0.15, -0.1) is 0 Å². The summed E-state index contributed by atoms with van der Waals surface area (Å²) < 4.78 is 0. The fourth-order valence-corrected chi connectivity index (χ4v) is 6.70. The molecule has 0 spiro atoms. The molecule has 8 rings (SSSR count). The van der Waals surface area contributed by atoms with Crippen LogP contribution in [0.15, 0.2) is 170 Å². The summed E-state index contributed by atoms with van der Waals surface area (Å²) in [4.78, 5) is 0. The molecule has 43 heavy (non-hydrogen) atoms. The zero-order valence-corrected chi connectivity index (χ0v) is 23.9. The first kappa shape index (κ1) is 25.3. The Bertz CT molecular complexity index is 2180. The van der Waals surface area contributed by atoms with E-state index in [2.05, 4.69) is 170 Å². The Labute approximate surface area is 252 Å². The quantitative estimate of drug-likeness (QED) is 0.188. The lowest BCUT2D eigenvalue weighted by atomic mass is 9.85. The minimum absolute atomic E-state index is 0.866. The van der Waals surface area contributed by atoms with Crippen molar-refractivity contribution in [2.45, 2.75) is 6.42 Å². The van der Waals surface area contributed by atoms with Crippen molar-refractivity contribution in [3.05, 3.63) is 181 Å². The molecule has 0 fully saturated rings. The molecular weight excluding hydrogens is 516 g/mol. The van der Waals surface area contributed by atoms with Crippen LogP contribution < -0.4 is 0 Å². The van der Waals surface area contributed by atoms with E-state index in [1.165, 1.54) is 76.8 Å². The second kappa shape index (κ2) is 10.7. The summed E-state index contributed by atoms with van der Waals surface area (Å²) in [5.74, 6) is 0. The summed E-state index contributed by atoms with van der Waals surface area (Å²) in [6.07, 6.45) is 0.866. The zero-order chi connectivity index (χ0) is 28.6. The van der Waals surface area contributed by atoms with Gasteiger partial charge in [-0.1, -0.05) is 158 Å². The van der Waals surface area contributed by atoms with Gasteiger partial charge in [-0.25, -0.2) is 0 Å². The predicted molar refractivity (Wildman–Crippen MR) is 185 cm³/mol. The molecule has 0 aliphatic rings. The predicted octanol–water partition coefficient (Wildman–Crippen LogP) is 11.7. The third kappa shape index (κ3) is 4.58. The summed E-state index contributed by atoms with van der Waals surface area (Å²) in [7, 11) is 0. The first-order valence-corrected chi connectivity index (χ1v) is 15.0. The average Bonchev–Trinajstić information content (AvgIpc) is 3.09. The molecule has 0 radical (unpaired) electrons. The number of fused-ring (bicyclic) bond motifs is 3. The minimum atomic E-state index is 0.866. The van der Waals surface area contributed by atoms with Gasteiger partial charge in [-0.3, -0.25) is 0 Å². The Balaban J connectivity index is 1.34. The smallest absolute Gasteiger partial charge is 0.000728 e. The average molecular weight is 547 g/mol. The zero-order valence-electron chi connectivity index (χ0n) is 23.9. The second-order valence-corrected chi connectivity index (χ2v) is 11.3. The molecule has 0 saturated heterocycles. The van der Waals surface area contributed by atoms with Crippen molar-refractivity contribution in [2.24, 2.45) is 0 Å². The molecular formula is C43H30. The van der Waals surface area contributed by atoms with Crippen LogP contribution in [-0.4, -0.2) is 0 Å². The summed E-state index contributed by atoms with van der Waals surface area (Å²) in [6.45, 7) is 0. The molecule has 0 amide bonds. The Morgan fingerprint density at radius 3 is 1.51 bits per heavy atom. The maximum absolute atomic E-state index is 2.38. The van der Waals surface area contributed by atoms with E-state index in [9.17, 15) is 0 Å². The number of hydrogen-bond acceptors (Lipinski definition) is 0. The molecule has 0 heteroatoms. The van der Waals surface area contributed by atoms with E-state index in [0.717, 1.165) is 6.42 Å². The van der Waals surface area contributed by atoms with Gasteiger partial charge in [0, 0.05) is 0 Å². The number of benzene rings is 8. The van der Waals surface area contributed by atoms with Crippen molar-refractivity contribution in [2.75, 3.05) is 0 Å². The molecule has 8 aromatic rings. The molecule has 202 valence electrons. The Morgan fingerprint density at radius 2 is 0.837 bits per heavy atom. The second-order valence-electron chi connectivity index (χ2n) is 11.3. The highest BCUT2D eigenvalue weighted by Gasteiger charge is 2.17. The topological polar surface area (TPSA) is 0 Å². The van der Waals surface area contributed by atoms with Crippen LogP contribution >= 0.6 is 0 Å². The summed E-state index contributed by atoms with van der Waals surface area (Å²) in [6, 6.07) is 61.9. The molecule has 0 aliphatic carbocycles. The molecule has 0 saturated carbocycles. The number of hydrogen-bond donors (Lipinski definition) is 0. The lowest BCUT2D eigenvalue weighted by Crippen LogP contribution is -1.97. The fourth-order valence-electron chi connectivity index (χ4n) is 6.70. The molecule has 0 bridgehead atoms. The Kier molecular flexibility index (Phi) is 6.31. The van der Waals surface area contributed by atoms with Crippen molar-refractivity contribution < 1.29 is 0 Å². The van der Waals surface area contributed by atoms with Crippen LogP contribution in [-0.2, 0) is 6.42 Å². The molecule has 8 aromatic carbocycles. The standard InChI is InChI=1S/C43H30/c1-3-13-30(14-4-1)33-25-23-31-24-26-35(28-36(31)27-33)43-40-21-11-9-19-38(40)42(39-20-10-12-22-41(39)43)29-34-17-7-8-18-37(34)32-15-5-2-6-16-32/h1-28H,29H2. The van der Waals surface area contributed by atoms with E-state index in [4.69, 9.17) is 0 Å². The van der Waals surface area contributed by atoms with Gasteiger partial charge in [0.15, 0.2) is 0 Å². The van der Waals surface area contributed by atoms with Crippen molar-refractivity contribution in [3.8, 4) is 33.4 Å². The van der Waals surface area contributed by atoms with E-state index in [1.54, 1.807) is 0 Å². The van der Waals surface area contributed by atoms with E-state index in [1.807, 2.05) is 0 Å². The SMILES string of the molecule is c1ccc(-c2ccc3ccc(-c4c5ccccc5c(Cc5ccccc5-c5ccccc5)c5ccccc45)cc3c2)cc1. The van der Waals surface area contributed by atoms with Crippen LogP contribution in [0.1, 0.15) is 11.1 Å². The molecule has 0 aromatic heterocycles.